The summed E-state index contributed by atoms with van der Waals surface area (Å²) < 4.78 is 9.48. The topological polar surface area (TPSA) is 88.5 Å². The summed E-state index contributed by atoms with van der Waals surface area (Å²) in [6, 6.07) is 18.2. The van der Waals surface area contributed by atoms with E-state index in [-0.39, 0.29) is 17.2 Å². The van der Waals surface area contributed by atoms with Crippen LogP contribution in [0.4, 0.5) is 0 Å². The van der Waals surface area contributed by atoms with Crippen LogP contribution in [0.25, 0.3) is 16.9 Å². The fourth-order valence-electron chi connectivity index (χ4n) is 5.69. The van der Waals surface area contributed by atoms with Crippen LogP contribution in [0.15, 0.2) is 59.7 Å². The maximum Gasteiger partial charge on any atom is 0.259 e. The lowest BCUT2D eigenvalue weighted by atomic mass is 9.86. The molecule has 1 saturated carbocycles. The number of aromatic nitrogens is 4. The van der Waals surface area contributed by atoms with E-state index < -0.39 is 0 Å². The van der Waals surface area contributed by atoms with Gasteiger partial charge < -0.3 is 4.74 Å². The molecule has 2 aliphatic rings. The molecule has 1 spiro atoms. The molecule has 2 aromatic carbocycles. The van der Waals surface area contributed by atoms with Crippen molar-refractivity contribution in [3.8, 4) is 17.2 Å². The van der Waals surface area contributed by atoms with Crippen molar-refractivity contribution < 1.29 is 4.74 Å². The predicted octanol–water partition coefficient (Wildman–Crippen LogP) is 4.86. The van der Waals surface area contributed by atoms with Crippen LogP contribution >= 0.6 is 0 Å². The molecule has 1 saturated heterocycles. The first-order valence-corrected chi connectivity index (χ1v) is 12.8. The van der Waals surface area contributed by atoms with Gasteiger partial charge in [-0.2, -0.15) is 15.3 Å². The van der Waals surface area contributed by atoms with Gasteiger partial charge in [0.2, 0.25) is 5.78 Å². The minimum absolute atomic E-state index is 0.0514. The Balaban J connectivity index is 1.39. The highest BCUT2D eigenvalue weighted by Crippen LogP contribution is 2.45. The molecule has 3 heterocycles. The number of nitrogens with zero attached hydrogens (tertiary/aromatic N) is 5. The van der Waals surface area contributed by atoms with Crippen molar-refractivity contribution in [1.82, 2.24) is 19.2 Å². The molecule has 7 nitrogen and oxygen atoms in total. The number of ether oxygens (including phenoxy) is 1. The summed E-state index contributed by atoms with van der Waals surface area (Å²) in [4.78, 5) is 18.6. The normalized spacial score (nSPS) is 21.1. The monoisotopic (exact) mass is 479 g/mol. The van der Waals surface area contributed by atoms with Gasteiger partial charge in [-0.3, -0.25) is 9.36 Å². The summed E-state index contributed by atoms with van der Waals surface area (Å²) in [5, 5.41) is 14.0. The molecule has 0 atom stereocenters. The molecule has 2 aromatic heterocycles. The maximum absolute atomic E-state index is 14.0. The Morgan fingerprint density at radius 1 is 1.14 bits per heavy atom. The highest BCUT2D eigenvalue weighted by atomic mass is 16.6. The second-order valence-corrected chi connectivity index (χ2v) is 10.1. The Morgan fingerprint density at radius 2 is 1.89 bits per heavy atom. The largest absolute Gasteiger partial charge is 0.370 e. The summed E-state index contributed by atoms with van der Waals surface area (Å²) in [5.74, 6) is 0.647. The van der Waals surface area contributed by atoms with Gasteiger partial charge in [0.1, 0.15) is 6.33 Å². The summed E-state index contributed by atoms with van der Waals surface area (Å²) in [5.41, 5.74) is 5.48. The first-order valence-electron chi connectivity index (χ1n) is 12.8. The second-order valence-electron chi connectivity index (χ2n) is 10.1. The molecule has 4 aromatic rings. The van der Waals surface area contributed by atoms with Crippen LogP contribution in [0, 0.1) is 11.3 Å². The highest BCUT2D eigenvalue weighted by Gasteiger charge is 2.47. The van der Waals surface area contributed by atoms with Crippen molar-refractivity contribution in [3.63, 3.8) is 0 Å². The molecule has 7 heteroatoms. The number of rotatable bonds is 6. The first-order chi connectivity index (χ1) is 17.6. The summed E-state index contributed by atoms with van der Waals surface area (Å²) >= 11 is 0. The molecule has 1 aliphatic heterocycles. The molecule has 0 N–H and O–H groups in total. The molecule has 0 bridgehead atoms. The van der Waals surface area contributed by atoms with E-state index in [0.29, 0.717) is 17.8 Å². The molecular formula is C29H29N5O2. The molecule has 36 heavy (non-hydrogen) atoms. The average Bonchev–Trinajstić information content (AvgIpc) is 3.49. The summed E-state index contributed by atoms with van der Waals surface area (Å²) in [6.07, 6.45) is 7.58. The number of epoxide rings is 1. The van der Waals surface area contributed by atoms with E-state index in [0.717, 1.165) is 73.1 Å². The zero-order valence-electron chi connectivity index (χ0n) is 20.5. The molecule has 6 rings (SSSR count). The van der Waals surface area contributed by atoms with E-state index in [4.69, 9.17) is 4.74 Å². The van der Waals surface area contributed by atoms with Crippen LogP contribution in [0.1, 0.15) is 67.5 Å². The zero-order chi connectivity index (χ0) is 24.7. The average molecular weight is 480 g/mol. The third kappa shape index (κ3) is 3.92. The fraction of sp³-hybridized carbons (Fsp3) is 0.379. The number of aryl methyl sites for hydroxylation is 1. The van der Waals surface area contributed by atoms with Crippen LogP contribution in [-0.4, -0.2) is 31.4 Å². The smallest absolute Gasteiger partial charge is 0.259 e. The van der Waals surface area contributed by atoms with Gasteiger partial charge in [-0.15, -0.1) is 0 Å². The van der Waals surface area contributed by atoms with Crippen molar-refractivity contribution in [3.05, 3.63) is 87.6 Å². The predicted molar refractivity (Wildman–Crippen MR) is 137 cm³/mol. The Labute approximate surface area is 210 Å². The lowest BCUT2D eigenvalue weighted by molar-refractivity contribution is 0.199. The first kappa shape index (κ1) is 22.7. The van der Waals surface area contributed by atoms with Crippen molar-refractivity contribution in [1.29, 1.82) is 5.26 Å². The van der Waals surface area contributed by atoms with Crippen molar-refractivity contribution in [2.24, 2.45) is 0 Å². The lowest BCUT2D eigenvalue weighted by Crippen LogP contribution is -2.35. The standard InChI is InChI=1S/C29H29N5O2/c1-2-5-26-25(16-20-8-10-21(11-9-20)24-7-4-3-6-22(24)17-30)27(35)33(28-31-19-32-34(26)28)23-12-14-29(15-13-23)18-36-29/h3-4,6-11,19,23H,2,5,12-16,18H2,1H3. The highest BCUT2D eigenvalue weighted by molar-refractivity contribution is 5.70. The number of fused-ring (bicyclic) bond motifs is 1. The summed E-state index contributed by atoms with van der Waals surface area (Å²) in [7, 11) is 0. The van der Waals surface area contributed by atoms with Gasteiger partial charge in [0, 0.05) is 18.0 Å². The van der Waals surface area contributed by atoms with E-state index in [1.54, 1.807) is 6.33 Å². The van der Waals surface area contributed by atoms with Gasteiger partial charge in [0.05, 0.1) is 29.5 Å². The second kappa shape index (κ2) is 9.03. The molecule has 182 valence electrons. The quantitative estimate of drug-likeness (QED) is 0.369. The van der Waals surface area contributed by atoms with Crippen molar-refractivity contribution in [2.75, 3.05) is 6.61 Å². The van der Waals surface area contributed by atoms with Crippen molar-refractivity contribution >= 4 is 5.78 Å². The molecule has 0 radical (unpaired) electrons. The van der Waals surface area contributed by atoms with E-state index in [1.165, 1.54) is 0 Å². The lowest BCUT2D eigenvalue weighted by Gasteiger charge is -2.29. The Morgan fingerprint density at radius 3 is 2.58 bits per heavy atom. The van der Waals surface area contributed by atoms with E-state index in [2.05, 4.69) is 35.2 Å². The molecule has 0 amide bonds. The van der Waals surface area contributed by atoms with Crippen LogP contribution < -0.4 is 5.56 Å². The van der Waals surface area contributed by atoms with Gasteiger partial charge in [-0.05, 0) is 54.9 Å². The fourth-order valence-corrected chi connectivity index (χ4v) is 5.69. The van der Waals surface area contributed by atoms with E-state index in [9.17, 15) is 10.1 Å². The molecule has 0 unspecified atom stereocenters. The number of hydrogen-bond donors (Lipinski definition) is 0. The molecule has 1 aliphatic carbocycles. The van der Waals surface area contributed by atoms with Crippen LogP contribution in [0.5, 0.6) is 0 Å². The van der Waals surface area contributed by atoms with Gasteiger partial charge in [0.15, 0.2) is 0 Å². The SMILES string of the molecule is CCCc1c(Cc2ccc(-c3ccccc3C#N)cc2)c(=O)n(C2CCC3(CC2)CO3)c2ncnn12. The summed E-state index contributed by atoms with van der Waals surface area (Å²) in [6.45, 7) is 2.97. The van der Waals surface area contributed by atoms with Gasteiger partial charge in [0.25, 0.3) is 5.56 Å². The van der Waals surface area contributed by atoms with Gasteiger partial charge in [-0.25, -0.2) is 4.52 Å². The van der Waals surface area contributed by atoms with Crippen LogP contribution in [0.3, 0.4) is 0 Å². The number of nitriles is 1. The van der Waals surface area contributed by atoms with Crippen LogP contribution in [0.2, 0.25) is 0 Å². The molecule has 2 fully saturated rings. The number of benzene rings is 2. The third-order valence-corrected chi connectivity index (χ3v) is 7.79. The zero-order valence-corrected chi connectivity index (χ0v) is 20.5. The van der Waals surface area contributed by atoms with E-state index >= 15 is 0 Å². The Kier molecular flexibility index (Phi) is 5.69. The van der Waals surface area contributed by atoms with E-state index in [1.807, 2.05) is 45.5 Å². The third-order valence-electron chi connectivity index (χ3n) is 7.79. The Bertz CT molecular complexity index is 1510. The van der Waals surface area contributed by atoms with Crippen molar-refractivity contribution in [2.45, 2.75) is 63.5 Å². The Hall–Kier alpha value is -3.76. The minimum atomic E-state index is 0.0514. The van der Waals surface area contributed by atoms with Crippen LogP contribution in [-0.2, 0) is 17.6 Å². The molecular weight excluding hydrogens is 450 g/mol. The number of hydrogen-bond acceptors (Lipinski definition) is 5. The minimum Gasteiger partial charge on any atom is -0.370 e. The van der Waals surface area contributed by atoms with Gasteiger partial charge >= 0.3 is 0 Å². The maximum atomic E-state index is 14.0. The van der Waals surface area contributed by atoms with Gasteiger partial charge in [-0.1, -0.05) is 55.8 Å².